The molecule has 1 heterocycles. The van der Waals surface area contributed by atoms with E-state index in [2.05, 4.69) is 17.0 Å². The van der Waals surface area contributed by atoms with Gasteiger partial charge in [-0.25, -0.2) is 4.39 Å². The van der Waals surface area contributed by atoms with Crippen LogP contribution < -0.4 is 0 Å². The molecule has 0 aromatic heterocycles. The molecule has 35 heavy (non-hydrogen) atoms. The van der Waals surface area contributed by atoms with Crippen LogP contribution in [0, 0.1) is 12.7 Å². The Bertz CT molecular complexity index is 950. The van der Waals surface area contributed by atoms with Gasteiger partial charge in [-0.1, -0.05) is 42.8 Å². The lowest BCUT2D eigenvalue weighted by Crippen LogP contribution is -2.39. The number of hydrogen-bond acceptors (Lipinski definition) is 4. The lowest BCUT2D eigenvalue weighted by atomic mass is 9.98. The molecule has 3 atom stereocenters. The van der Waals surface area contributed by atoms with Crippen LogP contribution in [0.3, 0.4) is 0 Å². The van der Waals surface area contributed by atoms with Crippen LogP contribution >= 0.6 is 0 Å². The number of β-amino-alcohol motifs (C(OH)–C–C–N with tert-alkyl or cyclic N) is 1. The van der Waals surface area contributed by atoms with Gasteiger partial charge in [-0.05, 0) is 87.2 Å². The topological polar surface area (TPSA) is 70.0 Å². The van der Waals surface area contributed by atoms with Crippen LogP contribution in [0.2, 0.25) is 0 Å². The summed E-state index contributed by atoms with van der Waals surface area (Å²) >= 11 is 0. The number of carboxylic acids is 1. The molecule has 0 amide bonds. The number of halogens is 1. The molecule has 192 valence electrons. The van der Waals surface area contributed by atoms with Crippen molar-refractivity contribution < 1.29 is 24.1 Å². The molecule has 0 saturated carbocycles. The highest BCUT2D eigenvalue weighted by Gasteiger charge is 2.27. The Balaban J connectivity index is 1.46. The maximum atomic E-state index is 13.9. The van der Waals surface area contributed by atoms with E-state index in [0.29, 0.717) is 24.6 Å². The fourth-order valence-corrected chi connectivity index (χ4v) is 5.00. The third kappa shape index (κ3) is 8.71. The number of aryl methyl sites for hydroxylation is 2. The molecule has 2 N–H and O–H groups in total. The predicted molar refractivity (Wildman–Crippen MR) is 136 cm³/mol. The van der Waals surface area contributed by atoms with Gasteiger partial charge in [0.05, 0.1) is 18.8 Å². The Morgan fingerprint density at radius 2 is 2.00 bits per heavy atom. The number of carboxylic acid groups (broad SMARTS) is 1. The van der Waals surface area contributed by atoms with E-state index in [0.717, 1.165) is 56.2 Å². The second-order valence-corrected chi connectivity index (χ2v) is 9.86. The summed E-state index contributed by atoms with van der Waals surface area (Å²) in [6.45, 7) is 5.55. The van der Waals surface area contributed by atoms with Crippen LogP contribution in [0.5, 0.6) is 0 Å². The van der Waals surface area contributed by atoms with E-state index in [1.54, 1.807) is 13.0 Å². The molecule has 2 aromatic carbocycles. The Morgan fingerprint density at radius 3 is 2.77 bits per heavy atom. The van der Waals surface area contributed by atoms with Gasteiger partial charge in [0.2, 0.25) is 0 Å². The minimum Gasteiger partial charge on any atom is -0.481 e. The standard InChI is InChI=1S/C29H40FNO4/c1-21-14-15-23(18-28(21)30)17-25-11-8-16-31(25)19-26(32)20-35-22(2)27-12-7-6-10-24(27)9-4-3-5-13-29(33)34/h6-7,10,12,14-15,18,22,25-26,32H,3-5,8-9,11,13,16-17,19-20H2,1-2H3,(H,33,34)/t22?,25-,26+/m0/s1. The predicted octanol–water partition coefficient (Wildman–Crippen LogP) is 5.47. The minimum atomic E-state index is -0.740. The third-order valence-corrected chi connectivity index (χ3v) is 7.02. The highest BCUT2D eigenvalue weighted by Crippen LogP contribution is 2.25. The fraction of sp³-hybridized carbons (Fsp3) is 0.552. The molecule has 1 aliphatic heterocycles. The van der Waals surface area contributed by atoms with Gasteiger partial charge in [0, 0.05) is 19.0 Å². The number of nitrogens with zero attached hydrogens (tertiary/aromatic N) is 1. The molecule has 1 aliphatic rings. The maximum absolute atomic E-state index is 13.9. The summed E-state index contributed by atoms with van der Waals surface area (Å²) in [5.74, 6) is -0.898. The summed E-state index contributed by atoms with van der Waals surface area (Å²) in [6, 6.07) is 14.0. The largest absolute Gasteiger partial charge is 0.481 e. The van der Waals surface area contributed by atoms with Crippen LogP contribution in [-0.4, -0.2) is 52.9 Å². The summed E-state index contributed by atoms with van der Waals surface area (Å²) < 4.78 is 20.0. The lowest BCUT2D eigenvalue weighted by Gasteiger charge is -2.28. The number of aliphatic carboxylic acids is 1. The number of benzene rings is 2. The number of aliphatic hydroxyl groups excluding tert-OH is 1. The second kappa shape index (κ2) is 13.7. The Labute approximate surface area is 208 Å². The number of unbranched alkanes of at least 4 members (excludes halogenated alkanes) is 2. The average molecular weight is 486 g/mol. The Kier molecular flexibility index (Phi) is 10.7. The van der Waals surface area contributed by atoms with Crippen LogP contribution in [0.25, 0.3) is 0 Å². The van der Waals surface area contributed by atoms with Crippen molar-refractivity contribution in [2.45, 2.75) is 83.5 Å². The van der Waals surface area contributed by atoms with E-state index in [1.807, 2.05) is 31.2 Å². The zero-order valence-electron chi connectivity index (χ0n) is 21.1. The first-order valence-electron chi connectivity index (χ1n) is 12.9. The van der Waals surface area contributed by atoms with Gasteiger partial charge in [-0.2, -0.15) is 0 Å². The first kappa shape index (κ1) is 27.3. The van der Waals surface area contributed by atoms with Crippen molar-refractivity contribution in [3.63, 3.8) is 0 Å². The third-order valence-electron chi connectivity index (χ3n) is 7.02. The molecule has 6 heteroatoms. The number of aliphatic hydroxyl groups is 1. The smallest absolute Gasteiger partial charge is 0.303 e. The van der Waals surface area contributed by atoms with Crippen LogP contribution in [0.1, 0.15) is 73.8 Å². The van der Waals surface area contributed by atoms with E-state index >= 15 is 0 Å². The van der Waals surface area contributed by atoms with Crippen molar-refractivity contribution in [1.29, 1.82) is 0 Å². The maximum Gasteiger partial charge on any atom is 0.303 e. The Hall–Kier alpha value is -2.28. The Morgan fingerprint density at radius 1 is 1.20 bits per heavy atom. The van der Waals surface area contributed by atoms with E-state index in [-0.39, 0.29) is 24.9 Å². The number of rotatable bonds is 14. The SMILES string of the molecule is Cc1ccc(C[C@@H]2CCCN2C[C@@H](O)COC(C)c2ccccc2CCCCCC(=O)O)cc1F. The van der Waals surface area contributed by atoms with Gasteiger partial charge < -0.3 is 14.9 Å². The molecule has 0 radical (unpaired) electrons. The molecule has 1 saturated heterocycles. The molecular weight excluding hydrogens is 445 g/mol. The van der Waals surface area contributed by atoms with E-state index in [4.69, 9.17) is 9.84 Å². The average Bonchev–Trinajstić information content (AvgIpc) is 3.26. The first-order chi connectivity index (χ1) is 16.8. The van der Waals surface area contributed by atoms with Gasteiger partial charge >= 0.3 is 5.97 Å². The van der Waals surface area contributed by atoms with Crippen LogP contribution in [-0.2, 0) is 22.4 Å². The minimum absolute atomic E-state index is 0.134. The molecule has 0 aliphatic carbocycles. The highest BCUT2D eigenvalue weighted by atomic mass is 19.1. The summed E-state index contributed by atoms with van der Waals surface area (Å²) in [4.78, 5) is 13.0. The fourth-order valence-electron chi connectivity index (χ4n) is 5.00. The zero-order chi connectivity index (χ0) is 25.2. The highest BCUT2D eigenvalue weighted by molar-refractivity contribution is 5.66. The lowest BCUT2D eigenvalue weighted by molar-refractivity contribution is -0.137. The van der Waals surface area contributed by atoms with Gasteiger partial charge in [-0.3, -0.25) is 9.69 Å². The first-order valence-corrected chi connectivity index (χ1v) is 12.9. The van der Waals surface area contributed by atoms with E-state index in [9.17, 15) is 14.3 Å². The quantitative estimate of drug-likeness (QED) is 0.348. The number of carbonyl (C=O) groups is 1. The van der Waals surface area contributed by atoms with Crippen molar-refractivity contribution in [3.05, 3.63) is 70.5 Å². The van der Waals surface area contributed by atoms with Crippen molar-refractivity contribution >= 4 is 5.97 Å². The van der Waals surface area contributed by atoms with E-state index in [1.165, 1.54) is 5.56 Å². The van der Waals surface area contributed by atoms with Gasteiger partial charge in [-0.15, -0.1) is 0 Å². The van der Waals surface area contributed by atoms with Crippen molar-refractivity contribution in [2.24, 2.45) is 0 Å². The second-order valence-electron chi connectivity index (χ2n) is 9.86. The van der Waals surface area contributed by atoms with E-state index < -0.39 is 12.1 Å². The number of likely N-dealkylation sites (tertiary alicyclic amines) is 1. The molecule has 2 aromatic rings. The molecule has 0 bridgehead atoms. The van der Waals surface area contributed by atoms with Gasteiger partial charge in [0.25, 0.3) is 0 Å². The number of hydrogen-bond donors (Lipinski definition) is 2. The van der Waals surface area contributed by atoms with Crippen LogP contribution in [0.4, 0.5) is 4.39 Å². The van der Waals surface area contributed by atoms with Crippen LogP contribution in [0.15, 0.2) is 42.5 Å². The molecule has 1 unspecified atom stereocenters. The van der Waals surface area contributed by atoms with Gasteiger partial charge in [0.15, 0.2) is 0 Å². The zero-order valence-corrected chi connectivity index (χ0v) is 21.1. The molecule has 1 fully saturated rings. The van der Waals surface area contributed by atoms with Crippen molar-refractivity contribution in [2.75, 3.05) is 19.7 Å². The summed E-state index contributed by atoms with van der Waals surface area (Å²) in [5, 5.41) is 19.5. The van der Waals surface area contributed by atoms with Crippen molar-refractivity contribution in [3.8, 4) is 0 Å². The van der Waals surface area contributed by atoms with Gasteiger partial charge in [0.1, 0.15) is 5.82 Å². The monoisotopic (exact) mass is 485 g/mol. The normalized spacial score (nSPS) is 18.0. The summed E-state index contributed by atoms with van der Waals surface area (Å²) in [7, 11) is 0. The molecule has 5 nitrogen and oxygen atoms in total. The molecular formula is C29H40FNO4. The summed E-state index contributed by atoms with van der Waals surface area (Å²) in [6.07, 6.45) is 5.86. The number of ether oxygens (including phenoxy) is 1. The molecule has 3 rings (SSSR count). The van der Waals surface area contributed by atoms with Crippen molar-refractivity contribution in [1.82, 2.24) is 4.90 Å². The molecule has 0 spiro atoms. The summed E-state index contributed by atoms with van der Waals surface area (Å²) in [5.41, 5.74) is 4.01.